The predicted octanol–water partition coefficient (Wildman–Crippen LogP) is 2.62. The third-order valence-corrected chi connectivity index (χ3v) is 5.43. The number of nitrogens with two attached hydrogens (primary N) is 1. The van der Waals surface area contributed by atoms with Gasteiger partial charge in [0.05, 0.1) is 33.3 Å². The molecule has 0 saturated heterocycles. The van der Waals surface area contributed by atoms with E-state index in [1.54, 1.807) is 13.8 Å². The number of carbonyl (C=O) groups is 4. The van der Waals surface area contributed by atoms with Gasteiger partial charge in [0.15, 0.2) is 6.61 Å². The van der Waals surface area contributed by atoms with Gasteiger partial charge in [-0.25, -0.2) is 9.59 Å². The second-order valence-electron chi connectivity index (χ2n) is 5.92. The van der Waals surface area contributed by atoms with Crippen molar-refractivity contribution in [2.45, 2.75) is 13.8 Å². The van der Waals surface area contributed by atoms with Gasteiger partial charge in [0, 0.05) is 7.05 Å². The lowest BCUT2D eigenvalue weighted by molar-refractivity contribution is -0.119. The van der Waals surface area contributed by atoms with Crippen LogP contribution in [0.15, 0.2) is 18.2 Å². The first-order valence-electron chi connectivity index (χ1n) is 8.74. The third kappa shape index (κ3) is 5.28. The van der Waals surface area contributed by atoms with Crippen molar-refractivity contribution in [3.05, 3.63) is 44.8 Å². The summed E-state index contributed by atoms with van der Waals surface area (Å²) < 4.78 is 9.98. The zero-order valence-corrected chi connectivity index (χ0v) is 18.0. The number of nitrogen functional groups attached to an aromatic ring is 1. The number of thiophene rings is 1. The number of esters is 2. The zero-order valence-electron chi connectivity index (χ0n) is 16.5. The van der Waals surface area contributed by atoms with E-state index in [0.29, 0.717) is 5.56 Å². The van der Waals surface area contributed by atoms with Gasteiger partial charge in [0.1, 0.15) is 5.00 Å². The summed E-state index contributed by atoms with van der Waals surface area (Å²) in [7, 11) is 1.45. The van der Waals surface area contributed by atoms with E-state index in [1.165, 1.54) is 25.2 Å². The Kier molecular flexibility index (Phi) is 7.79. The van der Waals surface area contributed by atoms with E-state index in [-0.39, 0.29) is 38.3 Å². The lowest BCUT2D eigenvalue weighted by Gasteiger charge is -2.08. The van der Waals surface area contributed by atoms with E-state index in [4.69, 9.17) is 26.8 Å². The van der Waals surface area contributed by atoms with Crippen molar-refractivity contribution >= 4 is 57.4 Å². The van der Waals surface area contributed by atoms with Crippen molar-refractivity contribution in [1.82, 2.24) is 5.32 Å². The normalized spacial score (nSPS) is 10.3. The molecule has 0 fully saturated rings. The quantitative estimate of drug-likeness (QED) is 0.432. The van der Waals surface area contributed by atoms with Crippen molar-refractivity contribution in [2.75, 3.05) is 31.3 Å². The first-order valence-corrected chi connectivity index (χ1v) is 9.93. The molecule has 11 heteroatoms. The molecule has 2 amide bonds. The summed E-state index contributed by atoms with van der Waals surface area (Å²) >= 11 is 6.73. The topological polar surface area (TPSA) is 137 Å². The number of carbonyl (C=O) groups excluding carboxylic acids is 4. The molecule has 0 aliphatic carbocycles. The Balaban J connectivity index is 2.15. The molecule has 0 saturated carbocycles. The van der Waals surface area contributed by atoms with Crippen molar-refractivity contribution < 1.29 is 28.7 Å². The van der Waals surface area contributed by atoms with Gasteiger partial charge in [0.25, 0.3) is 11.8 Å². The summed E-state index contributed by atoms with van der Waals surface area (Å²) in [6, 6.07) is 4.18. The molecule has 0 unspecified atom stereocenters. The molecule has 2 aromatic rings. The number of hydrogen-bond donors (Lipinski definition) is 3. The Bertz CT molecular complexity index is 1000. The summed E-state index contributed by atoms with van der Waals surface area (Å²) in [4.78, 5) is 49.0. The molecule has 0 bridgehead atoms. The van der Waals surface area contributed by atoms with E-state index in [9.17, 15) is 19.2 Å². The van der Waals surface area contributed by atoms with Crippen LogP contribution in [-0.2, 0) is 14.3 Å². The van der Waals surface area contributed by atoms with Gasteiger partial charge in [-0.05, 0) is 37.6 Å². The minimum Gasteiger partial charge on any atom is -0.462 e. The van der Waals surface area contributed by atoms with Crippen LogP contribution >= 0.6 is 22.9 Å². The highest BCUT2D eigenvalue weighted by Crippen LogP contribution is 2.33. The van der Waals surface area contributed by atoms with Gasteiger partial charge in [-0.1, -0.05) is 11.6 Å². The second-order valence-corrected chi connectivity index (χ2v) is 7.35. The number of benzene rings is 1. The van der Waals surface area contributed by atoms with Gasteiger partial charge in [-0.15, -0.1) is 11.3 Å². The van der Waals surface area contributed by atoms with E-state index >= 15 is 0 Å². The Morgan fingerprint density at radius 2 is 1.87 bits per heavy atom. The molecule has 1 aromatic heterocycles. The molecule has 9 nitrogen and oxygen atoms in total. The molecule has 0 aliphatic rings. The minimum atomic E-state index is -0.771. The highest BCUT2D eigenvalue weighted by atomic mass is 35.5. The highest BCUT2D eigenvalue weighted by molar-refractivity contribution is 7.18. The molecule has 2 rings (SSSR count). The van der Waals surface area contributed by atoms with Crippen LogP contribution in [-0.4, -0.2) is 44.0 Å². The van der Waals surface area contributed by atoms with Crippen LogP contribution in [0.2, 0.25) is 5.02 Å². The number of amides is 2. The fourth-order valence-corrected chi connectivity index (χ4v) is 3.70. The molecule has 30 heavy (non-hydrogen) atoms. The van der Waals surface area contributed by atoms with Crippen LogP contribution in [0.5, 0.6) is 0 Å². The van der Waals surface area contributed by atoms with Gasteiger partial charge >= 0.3 is 11.9 Å². The molecule has 4 N–H and O–H groups in total. The number of nitrogens with one attached hydrogen (secondary N) is 2. The van der Waals surface area contributed by atoms with Crippen LogP contribution in [0.4, 0.5) is 10.7 Å². The Labute approximate surface area is 181 Å². The maximum absolute atomic E-state index is 12.3. The Hall–Kier alpha value is -3.11. The molecular weight excluding hydrogens is 434 g/mol. The smallest absolute Gasteiger partial charge is 0.341 e. The first kappa shape index (κ1) is 23.2. The summed E-state index contributed by atoms with van der Waals surface area (Å²) in [5, 5.41) is 5.38. The molecule has 160 valence electrons. The number of ether oxygens (including phenoxy) is 2. The number of anilines is 2. The average Bonchev–Trinajstić information content (AvgIpc) is 3.03. The molecule has 0 radical (unpaired) electrons. The van der Waals surface area contributed by atoms with Crippen LogP contribution < -0.4 is 16.4 Å². The highest BCUT2D eigenvalue weighted by Gasteiger charge is 2.26. The molecule has 0 atom stereocenters. The average molecular weight is 454 g/mol. The van der Waals surface area contributed by atoms with E-state index in [0.717, 1.165) is 11.3 Å². The molecular formula is C19H20ClN3O6S. The fraction of sp³-hybridized carbons (Fsp3) is 0.263. The maximum atomic E-state index is 12.3. The van der Waals surface area contributed by atoms with E-state index in [2.05, 4.69) is 10.6 Å². The molecule has 1 heterocycles. The molecule has 0 spiro atoms. The lowest BCUT2D eigenvalue weighted by Crippen LogP contribution is -2.21. The molecule has 1 aromatic carbocycles. The second kappa shape index (κ2) is 10.1. The number of halogens is 1. The SMILES string of the molecule is CCOC(=O)c1c(NC(=O)COC(=O)c2ccc(Cl)c(N)c2)sc(C(=O)NC)c1C. The summed E-state index contributed by atoms with van der Waals surface area (Å²) in [5.41, 5.74) is 6.43. The van der Waals surface area contributed by atoms with Crippen LogP contribution in [0.25, 0.3) is 0 Å². The summed E-state index contributed by atoms with van der Waals surface area (Å²) in [5.74, 6) is -2.55. The zero-order chi connectivity index (χ0) is 22.4. The van der Waals surface area contributed by atoms with Crippen molar-refractivity contribution in [3.8, 4) is 0 Å². The van der Waals surface area contributed by atoms with Crippen molar-refractivity contribution in [1.29, 1.82) is 0 Å². The van der Waals surface area contributed by atoms with Crippen LogP contribution in [0.1, 0.15) is 42.9 Å². The number of rotatable bonds is 7. The third-order valence-electron chi connectivity index (χ3n) is 3.88. The van der Waals surface area contributed by atoms with Gasteiger partial charge < -0.3 is 25.8 Å². The Morgan fingerprint density at radius 1 is 1.17 bits per heavy atom. The monoisotopic (exact) mass is 453 g/mol. The summed E-state index contributed by atoms with van der Waals surface area (Å²) in [6.07, 6.45) is 0. The predicted molar refractivity (Wildman–Crippen MR) is 113 cm³/mol. The standard InChI is InChI=1S/C19H20ClN3O6S/c1-4-28-19(27)14-9(2)15(16(25)22-3)30-17(14)23-13(24)8-29-18(26)10-5-6-11(20)12(21)7-10/h5-7H,4,8,21H2,1-3H3,(H,22,25)(H,23,24). The lowest BCUT2D eigenvalue weighted by atomic mass is 10.1. The molecule has 0 aliphatic heterocycles. The number of hydrogen-bond acceptors (Lipinski definition) is 8. The Morgan fingerprint density at radius 3 is 2.47 bits per heavy atom. The van der Waals surface area contributed by atoms with Crippen LogP contribution in [0, 0.1) is 6.92 Å². The largest absolute Gasteiger partial charge is 0.462 e. The minimum absolute atomic E-state index is 0.0746. The first-order chi connectivity index (χ1) is 14.2. The van der Waals surface area contributed by atoms with Gasteiger partial charge in [-0.3, -0.25) is 9.59 Å². The van der Waals surface area contributed by atoms with Gasteiger partial charge in [0.2, 0.25) is 0 Å². The van der Waals surface area contributed by atoms with Crippen molar-refractivity contribution in [2.24, 2.45) is 0 Å². The van der Waals surface area contributed by atoms with E-state index < -0.39 is 30.4 Å². The van der Waals surface area contributed by atoms with Crippen molar-refractivity contribution in [3.63, 3.8) is 0 Å². The van der Waals surface area contributed by atoms with E-state index in [1.807, 2.05) is 0 Å². The summed E-state index contributed by atoms with van der Waals surface area (Å²) in [6.45, 7) is 2.73. The van der Waals surface area contributed by atoms with Gasteiger partial charge in [-0.2, -0.15) is 0 Å². The fourth-order valence-electron chi connectivity index (χ4n) is 2.43. The van der Waals surface area contributed by atoms with Crippen LogP contribution in [0.3, 0.4) is 0 Å². The maximum Gasteiger partial charge on any atom is 0.341 e.